The van der Waals surface area contributed by atoms with Gasteiger partial charge >= 0.3 is 12.1 Å². The molecule has 7 rings (SSSR count). The van der Waals surface area contributed by atoms with Crippen LogP contribution in [0.15, 0.2) is 36.4 Å². The molecule has 1 N–H and O–H groups in total. The van der Waals surface area contributed by atoms with Gasteiger partial charge in [-0.05, 0) is 86.6 Å². The summed E-state index contributed by atoms with van der Waals surface area (Å²) >= 11 is 0. The highest BCUT2D eigenvalue weighted by Gasteiger charge is 2.57. The largest absolute Gasteiger partial charge is 0.497 e. The Morgan fingerprint density at radius 2 is 1.64 bits per heavy atom. The second-order valence-electron chi connectivity index (χ2n) is 11.3. The lowest BCUT2D eigenvalue weighted by Crippen LogP contribution is -2.60. The average molecular weight is 543 g/mol. The number of fused-ring (bicyclic) bond motifs is 1. The summed E-state index contributed by atoms with van der Waals surface area (Å²) < 4.78 is 53.0. The second-order valence-corrected chi connectivity index (χ2v) is 11.3. The maximum absolute atomic E-state index is 14.1. The van der Waals surface area contributed by atoms with E-state index in [-0.39, 0.29) is 17.0 Å². The van der Waals surface area contributed by atoms with Gasteiger partial charge in [0.25, 0.3) is 5.91 Å². The van der Waals surface area contributed by atoms with Crippen molar-refractivity contribution in [2.45, 2.75) is 50.7 Å². The molecule has 39 heavy (non-hydrogen) atoms. The van der Waals surface area contributed by atoms with Gasteiger partial charge in [-0.2, -0.15) is 18.3 Å². The summed E-state index contributed by atoms with van der Waals surface area (Å²) in [6.07, 6.45) is 1.18. The van der Waals surface area contributed by atoms with Gasteiger partial charge in [-0.3, -0.25) is 4.79 Å². The van der Waals surface area contributed by atoms with E-state index >= 15 is 0 Å². The number of amides is 1. The third-order valence-electron chi connectivity index (χ3n) is 8.75. The van der Waals surface area contributed by atoms with Crippen LogP contribution in [-0.4, -0.2) is 46.7 Å². The predicted octanol–water partition coefficient (Wildman–Crippen LogP) is 4.91. The molecule has 1 unspecified atom stereocenters. The number of alkyl halides is 3. The molecular formula is C28H29F3N4O4. The number of aromatic nitrogens is 3. The highest BCUT2D eigenvalue weighted by molar-refractivity contribution is 5.96. The molecule has 3 aromatic rings. The molecule has 4 saturated carbocycles. The minimum atomic E-state index is -4.75. The van der Waals surface area contributed by atoms with Crippen LogP contribution in [0.2, 0.25) is 0 Å². The molecular weight excluding hydrogens is 513 g/mol. The monoisotopic (exact) mass is 542 g/mol. The number of methoxy groups -OCH3 is 2. The summed E-state index contributed by atoms with van der Waals surface area (Å²) in [7, 11) is 2.78. The first kappa shape index (κ1) is 25.6. The Kier molecular flexibility index (Phi) is 6.07. The van der Waals surface area contributed by atoms with Crippen LogP contribution >= 0.6 is 0 Å². The Morgan fingerprint density at radius 3 is 2.18 bits per heavy atom. The van der Waals surface area contributed by atoms with Gasteiger partial charge < -0.3 is 14.8 Å². The molecule has 8 nitrogen and oxygen atoms in total. The summed E-state index contributed by atoms with van der Waals surface area (Å²) in [5.74, 6) is 0.843. The highest BCUT2D eigenvalue weighted by Crippen LogP contribution is 2.61. The van der Waals surface area contributed by atoms with E-state index in [0.29, 0.717) is 33.6 Å². The fourth-order valence-corrected chi connectivity index (χ4v) is 7.51. The third-order valence-corrected chi connectivity index (χ3v) is 8.75. The van der Waals surface area contributed by atoms with Crippen molar-refractivity contribution in [3.8, 4) is 17.0 Å². The van der Waals surface area contributed by atoms with E-state index in [2.05, 4.69) is 15.4 Å². The van der Waals surface area contributed by atoms with Gasteiger partial charge in [0, 0.05) is 17.0 Å². The summed E-state index contributed by atoms with van der Waals surface area (Å²) in [6.45, 7) is 0. The highest BCUT2D eigenvalue weighted by atomic mass is 19.4. The van der Waals surface area contributed by atoms with E-state index in [1.807, 2.05) is 0 Å². The lowest BCUT2D eigenvalue weighted by atomic mass is 9.47. The number of nitrogens with one attached hydrogen (secondary N) is 1. The Balaban J connectivity index is 1.35. The molecule has 4 aliphatic carbocycles. The lowest BCUT2D eigenvalue weighted by molar-refractivity contribution is -0.154. The Labute approximate surface area is 222 Å². The van der Waals surface area contributed by atoms with E-state index in [9.17, 15) is 22.8 Å². The molecule has 11 heteroatoms. The number of carbonyl (C=O) groups excluding carboxylic acids is 2. The van der Waals surface area contributed by atoms with Crippen molar-refractivity contribution in [1.29, 1.82) is 0 Å². The van der Waals surface area contributed by atoms with Crippen molar-refractivity contribution >= 4 is 17.5 Å². The number of carbonyl (C=O) groups is 2. The van der Waals surface area contributed by atoms with Crippen LogP contribution in [0.3, 0.4) is 0 Å². The summed E-state index contributed by atoms with van der Waals surface area (Å²) in [5.41, 5.74) is -1.34. The van der Waals surface area contributed by atoms with Crippen LogP contribution in [0.5, 0.6) is 5.75 Å². The average Bonchev–Trinajstić information content (AvgIpc) is 3.33. The number of nitrogens with zero attached hydrogens (tertiary/aromatic N) is 3. The maximum Gasteiger partial charge on any atom is 0.433 e. The zero-order chi connectivity index (χ0) is 27.5. The molecule has 1 atom stereocenters. The van der Waals surface area contributed by atoms with Crippen molar-refractivity contribution in [3.63, 3.8) is 0 Å². The predicted molar refractivity (Wildman–Crippen MR) is 134 cm³/mol. The van der Waals surface area contributed by atoms with Gasteiger partial charge in [0.05, 0.1) is 19.9 Å². The first-order valence-corrected chi connectivity index (χ1v) is 13.1. The summed E-state index contributed by atoms with van der Waals surface area (Å²) in [6, 6.07) is 7.69. The number of hydrogen-bond acceptors (Lipinski definition) is 6. The SMILES string of the molecule is COC(=O)C(NC(=O)c1cc2nc(-c3ccc(OC)cc3)cc(C(F)(F)F)n2n1)C12CC3CC(CC(C3)C1)C2. The quantitative estimate of drug-likeness (QED) is 0.445. The zero-order valence-electron chi connectivity index (χ0n) is 21.6. The molecule has 0 spiro atoms. The van der Waals surface area contributed by atoms with E-state index in [0.717, 1.165) is 44.6 Å². The van der Waals surface area contributed by atoms with E-state index in [1.165, 1.54) is 20.3 Å². The van der Waals surface area contributed by atoms with Crippen LogP contribution in [-0.2, 0) is 15.7 Å². The molecule has 2 heterocycles. The number of esters is 1. The Morgan fingerprint density at radius 1 is 1.03 bits per heavy atom. The molecule has 4 bridgehead atoms. The molecule has 4 fully saturated rings. The normalized spacial score (nSPS) is 26.4. The first-order valence-electron chi connectivity index (χ1n) is 13.1. The number of benzene rings is 1. The van der Waals surface area contributed by atoms with Crippen LogP contribution < -0.4 is 10.1 Å². The minimum absolute atomic E-state index is 0.0744. The zero-order valence-corrected chi connectivity index (χ0v) is 21.6. The second kappa shape index (κ2) is 9.24. The van der Waals surface area contributed by atoms with E-state index < -0.39 is 35.2 Å². The first-order chi connectivity index (χ1) is 18.6. The molecule has 206 valence electrons. The lowest BCUT2D eigenvalue weighted by Gasteiger charge is -2.58. The van der Waals surface area contributed by atoms with Crippen molar-refractivity contribution < 1.29 is 32.2 Å². The van der Waals surface area contributed by atoms with Crippen molar-refractivity contribution in [2.24, 2.45) is 23.2 Å². The number of rotatable bonds is 6. The summed E-state index contributed by atoms with van der Waals surface area (Å²) in [5, 5.41) is 6.78. The molecule has 1 amide bonds. The van der Waals surface area contributed by atoms with Crippen molar-refractivity contribution in [1.82, 2.24) is 19.9 Å². The fourth-order valence-electron chi connectivity index (χ4n) is 7.51. The molecule has 1 aromatic carbocycles. The molecule has 0 radical (unpaired) electrons. The van der Waals surface area contributed by atoms with Gasteiger partial charge in [0.15, 0.2) is 17.0 Å². The maximum atomic E-state index is 14.1. The molecule has 4 aliphatic rings. The van der Waals surface area contributed by atoms with E-state index in [4.69, 9.17) is 9.47 Å². The number of ether oxygens (including phenoxy) is 2. The third kappa shape index (κ3) is 4.51. The van der Waals surface area contributed by atoms with Gasteiger partial charge in [-0.25, -0.2) is 14.3 Å². The smallest absolute Gasteiger partial charge is 0.433 e. The molecule has 2 aromatic heterocycles. The molecule has 0 aliphatic heterocycles. The van der Waals surface area contributed by atoms with Gasteiger partial charge in [-0.1, -0.05) is 0 Å². The van der Waals surface area contributed by atoms with Crippen LogP contribution in [0.4, 0.5) is 13.2 Å². The van der Waals surface area contributed by atoms with E-state index in [1.54, 1.807) is 24.3 Å². The fraction of sp³-hybridized carbons (Fsp3) is 0.500. The number of halogens is 3. The van der Waals surface area contributed by atoms with Crippen LogP contribution in [0, 0.1) is 23.2 Å². The Hall–Kier alpha value is -3.63. The van der Waals surface area contributed by atoms with Gasteiger partial charge in [-0.15, -0.1) is 0 Å². The van der Waals surface area contributed by atoms with Gasteiger partial charge in [0.1, 0.15) is 11.8 Å². The number of hydrogen-bond donors (Lipinski definition) is 1. The van der Waals surface area contributed by atoms with Crippen molar-refractivity contribution in [3.05, 3.63) is 47.8 Å². The Bertz CT molecular complexity index is 1400. The topological polar surface area (TPSA) is 94.8 Å². The summed E-state index contributed by atoms with van der Waals surface area (Å²) in [4.78, 5) is 30.7. The van der Waals surface area contributed by atoms with Crippen LogP contribution in [0.1, 0.15) is 54.7 Å². The van der Waals surface area contributed by atoms with Gasteiger partial charge in [0.2, 0.25) is 0 Å². The van der Waals surface area contributed by atoms with Crippen molar-refractivity contribution in [2.75, 3.05) is 14.2 Å². The minimum Gasteiger partial charge on any atom is -0.497 e. The molecule has 0 saturated heterocycles. The standard InChI is InChI=1S/C28H29F3N4O4/c1-38-19-5-3-18(4-6-19)20-10-22(28(29,30)31)35-23(32-20)11-21(34-35)25(36)33-24(26(37)39-2)27-12-15-7-16(13-27)9-17(8-15)14-27/h3-6,10-11,15-17,24H,7-9,12-14H2,1-2H3,(H,33,36). The van der Waals surface area contributed by atoms with Crippen LogP contribution in [0.25, 0.3) is 16.9 Å².